The molecular formula is C12H23NO2S. The summed E-state index contributed by atoms with van der Waals surface area (Å²) in [4.78, 5) is 0. The van der Waals surface area contributed by atoms with Crippen LogP contribution in [-0.4, -0.2) is 32.5 Å². The van der Waals surface area contributed by atoms with E-state index in [4.69, 9.17) is 0 Å². The van der Waals surface area contributed by atoms with Gasteiger partial charge in [0.15, 0.2) is 9.84 Å². The molecule has 1 heterocycles. The third-order valence-electron chi connectivity index (χ3n) is 3.93. The average Bonchev–Trinajstić information content (AvgIpc) is 2.31. The summed E-state index contributed by atoms with van der Waals surface area (Å²) in [5.41, 5.74) is 0. The van der Waals surface area contributed by atoms with Gasteiger partial charge in [-0.3, -0.25) is 0 Å². The fraction of sp³-hybridized carbons (Fsp3) is 1.00. The molecule has 2 fully saturated rings. The van der Waals surface area contributed by atoms with Crippen molar-refractivity contribution in [2.24, 2.45) is 5.92 Å². The minimum Gasteiger partial charge on any atom is -0.316 e. The quantitative estimate of drug-likeness (QED) is 0.823. The van der Waals surface area contributed by atoms with Gasteiger partial charge >= 0.3 is 0 Å². The van der Waals surface area contributed by atoms with E-state index in [-0.39, 0.29) is 5.25 Å². The molecule has 0 aromatic carbocycles. The van der Waals surface area contributed by atoms with Crippen molar-refractivity contribution in [1.82, 2.24) is 5.32 Å². The molecule has 0 aromatic heterocycles. The molecule has 2 aliphatic rings. The summed E-state index contributed by atoms with van der Waals surface area (Å²) in [7, 11) is -2.82. The first-order valence-corrected chi connectivity index (χ1v) is 8.32. The first-order valence-electron chi connectivity index (χ1n) is 6.61. The lowest BCUT2D eigenvalue weighted by atomic mass is 10.0. The molecule has 1 saturated heterocycles. The van der Waals surface area contributed by atoms with Gasteiger partial charge < -0.3 is 5.32 Å². The Morgan fingerprint density at radius 3 is 2.38 bits per heavy atom. The Morgan fingerprint density at radius 1 is 1.00 bits per heavy atom. The summed E-state index contributed by atoms with van der Waals surface area (Å²) >= 11 is 0. The Hall–Kier alpha value is -0.0900. The lowest BCUT2D eigenvalue weighted by Gasteiger charge is -2.27. The van der Waals surface area contributed by atoms with Crippen LogP contribution in [0.5, 0.6) is 0 Å². The summed E-state index contributed by atoms with van der Waals surface area (Å²) in [5.74, 6) is 0.783. The van der Waals surface area contributed by atoms with E-state index >= 15 is 0 Å². The molecule has 2 rings (SSSR count). The van der Waals surface area contributed by atoms with Gasteiger partial charge in [0.1, 0.15) is 0 Å². The molecule has 0 bridgehead atoms. The highest BCUT2D eigenvalue weighted by molar-refractivity contribution is 7.92. The predicted molar refractivity (Wildman–Crippen MR) is 66.3 cm³/mol. The van der Waals surface area contributed by atoms with E-state index in [0.717, 1.165) is 51.6 Å². The Balaban J connectivity index is 1.90. The topological polar surface area (TPSA) is 46.2 Å². The van der Waals surface area contributed by atoms with Crippen LogP contribution < -0.4 is 5.32 Å². The fourth-order valence-corrected chi connectivity index (χ4v) is 5.22. The van der Waals surface area contributed by atoms with Crippen molar-refractivity contribution in [3.63, 3.8) is 0 Å². The van der Waals surface area contributed by atoms with Gasteiger partial charge in [0.25, 0.3) is 0 Å². The molecule has 0 unspecified atom stereocenters. The van der Waals surface area contributed by atoms with E-state index in [9.17, 15) is 8.42 Å². The monoisotopic (exact) mass is 245 g/mol. The SMILES string of the molecule is O=S(=O)(C[C@H]1CCCNC1)C1CCCCC1. The highest BCUT2D eigenvalue weighted by atomic mass is 32.2. The Bertz CT molecular complexity index is 301. The number of hydrogen-bond donors (Lipinski definition) is 1. The normalized spacial score (nSPS) is 29.1. The molecule has 4 heteroatoms. The molecule has 0 spiro atoms. The van der Waals surface area contributed by atoms with E-state index in [0.29, 0.717) is 11.7 Å². The van der Waals surface area contributed by atoms with E-state index in [1.54, 1.807) is 0 Å². The van der Waals surface area contributed by atoms with Gasteiger partial charge in [-0.15, -0.1) is 0 Å². The van der Waals surface area contributed by atoms with E-state index in [2.05, 4.69) is 5.32 Å². The van der Waals surface area contributed by atoms with Crippen LogP contribution in [0.15, 0.2) is 0 Å². The number of hydrogen-bond acceptors (Lipinski definition) is 3. The van der Waals surface area contributed by atoms with E-state index in [1.165, 1.54) is 6.42 Å². The summed E-state index contributed by atoms with van der Waals surface area (Å²) in [6, 6.07) is 0. The van der Waals surface area contributed by atoms with Gasteiger partial charge in [-0.05, 0) is 44.7 Å². The predicted octanol–water partition coefficient (Wildman–Crippen LogP) is 1.73. The van der Waals surface area contributed by atoms with Crippen LogP contribution in [0.3, 0.4) is 0 Å². The van der Waals surface area contributed by atoms with Gasteiger partial charge in [0.2, 0.25) is 0 Å². The van der Waals surface area contributed by atoms with Crippen molar-refractivity contribution in [1.29, 1.82) is 0 Å². The van der Waals surface area contributed by atoms with Crippen molar-refractivity contribution in [2.45, 2.75) is 50.2 Å². The molecule has 0 aromatic rings. The first kappa shape index (κ1) is 12.4. The summed E-state index contributed by atoms with van der Waals surface area (Å²) in [6.45, 7) is 1.95. The lowest BCUT2D eigenvalue weighted by Crippen LogP contribution is -2.37. The van der Waals surface area contributed by atoms with Gasteiger partial charge in [-0.2, -0.15) is 0 Å². The second kappa shape index (κ2) is 5.50. The van der Waals surface area contributed by atoms with Crippen LogP contribution in [0.1, 0.15) is 44.9 Å². The third kappa shape index (κ3) is 3.20. The van der Waals surface area contributed by atoms with Crippen LogP contribution in [0.2, 0.25) is 0 Å². The van der Waals surface area contributed by atoms with Crippen LogP contribution in [0.25, 0.3) is 0 Å². The summed E-state index contributed by atoms with van der Waals surface area (Å²) in [6.07, 6.45) is 7.45. The summed E-state index contributed by atoms with van der Waals surface area (Å²) in [5, 5.41) is 3.27. The number of nitrogens with one attached hydrogen (secondary N) is 1. The maximum Gasteiger partial charge on any atom is 0.153 e. The molecule has 16 heavy (non-hydrogen) atoms. The molecular weight excluding hydrogens is 222 g/mol. The smallest absolute Gasteiger partial charge is 0.153 e. The standard InChI is InChI=1S/C12H23NO2S/c14-16(15,12-6-2-1-3-7-12)10-11-5-4-8-13-9-11/h11-13H,1-10H2/t11-/m0/s1. The molecule has 1 aliphatic carbocycles. The van der Waals surface area contributed by atoms with E-state index < -0.39 is 9.84 Å². The largest absolute Gasteiger partial charge is 0.316 e. The zero-order valence-electron chi connectivity index (χ0n) is 9.95. The van der Waals surface area contributed by atoms with Gasteiger partial charge in [-0.25, -0.2) is 8.42 Å². The Labute approximate surface area is 98.9 Å². The second-order valence-corrected chi connectivity index (χ2v) is 7.63. The molecule has 94 valence electrons. The van der Waals surface area contributed by atoms with Crippen molar-refractivity contribution in [3.8, 4) is 0 Å². The highest BCUT2D eigenvalue weighted by Gasteiger charge is 2.30. The van der Waals surface area contributed by atoms with Crippen molar-refractivity contribution in [2.75, 3.05) is 18.8 Å². The van der Waals surface area contributed by atoms with Crippen molar-refractivity contribution in [3.05, 3.63) is 0 Å². The second-order valence-electron chi connectivity index (χ2n) is 5.30. The lowest BCUT2D eigenvalue weighted by molar-refractivity contribution is 0.399. The number of piperidine rings is 1. The van der Waals surface area contributed by atoms with Gasteiger partial charge in [0.05, 0.1) is 11.0 Å². The molecule has 0 radical (unpaired) electrons. The van der Waals surface area contributed by atoms with Crippen LogP contribution in [-0.2, 0) is 9.84 Å². The number of sulfone groups is 1. The highest BCUT2D eigenvalue weighted by Crippen LogP contribution is 2.26. The van der Waals surface area contributed by atoms with Gasteiger partial charge in [0, 0.05) is 0 Å². The molecule has 3 nitrogen and oxygen atoms in total. The molecule has 0 amide bonds. The minimum absolute atomic E-state index is 0.0248. The minimum atomic E-state index is -2.82. The molecule has 1 aliphatic heterocycles. The fourth-order valence-electron chi connectivity index (χ4n) is 2.96. The Kier molecular flexibility index (Phi) is 4.25. The molecule has 1 atom stereocenters. The number of rotatable bonds is 3. The third-order valence-corrected chi connectivity index (χ3v) is 6.35. The average molecular weight is 245 g/mol. The van der Waals surface area contributed by atoms with Crippen molar-refractivity contribution < 1.29 is 8.42 Å². The van der Waals surface area contributed by atoms with E-state index in [1.807, 2.05) is 0 Å². The van der Waals surface area contributed by atoms with Crippen molar-refractivity contribution >= 4 is 9.84 Å². The maximum absolute atomic E-state index is 12.2. The van der Waals surface area contributed by atoms with Crippen LogP contribution >= 0.6 is 0 Å². The molecule has 1 saturated carbocycles. The van der Waals surface area contributed by atoms with Crippen LogP contribution in [0, 0.1) is 5.92 Å². The zero-order valence-corrected chi connectivity index (χ0v) is 10.8. The zero-order chi connectivity index (χ0) is 11.4. The maximum atomic E-state index is 12.2. The van der Waals surface area contributed by atoms with Crippen LogP contribution in [0.4, 0.5) is 0 Å². The molecule has 1 N–H and O–H groups in total. The summed E-state index contributed by atoms with van der Waals surface area (Å²) < 4.78 is 24.5. The Morgan fingerprint density at radius 2 is 1.75 bits per heavy atom. The first-order chi connectivity index (χ1) is 7.68. The van der Waals surface area contributed by atoms with Gasteiger partial charge in [-0.1, -0.05) is 19.3 Å².